The van der Waals surface area contributed by atoms with Crippen LogP contribution in [-0.4, -0.2) is 34.2 Å². The summed E-state index contributed by atoms with van der Waals surface area (Å²) in [5.41, 5.74) is 0.976. The maximum absolute atomic E-state index is 12.6. The number of carbonyl (C=O) groups excluding carboxylic acids is 3. The van der Waals surface area contributed by atoms with E-state index in [9.17, 15) is 19.2 Å². The van der Waals surface area contributed by atoms with Crippen LogP contribution in [0.3, 0.4) is 0 Å². The van der Waals surface area contributed by atoms with Gasteiger partial charge in [0.25, 0.3) is 5.56 Å². The Labute approximate surface area is 192 Å². The number of aromatic nitrogens is 2. The number of H-pyrrole nitrogens is 1. The van der Waals surface area contributed by atoms with Crippen LogP contribution in [-0.2, 0) is 40.1 Å². The SMILES string of the molecule is CC(=O)NCc1ccc(C(=O)COC(=O)CCc2nc3sc4c(c3c(=O)[nH]2)CCCC4)s1. The smallest absolute Gasteiger partial charge is 0.306 e. The number of ether oxygens (including phenoxy) is 1. The van der Waals surface area contributed by atoms with E-state index in [-0.39, 0.29) is 36.7 Å². The number of aromatic amines is 1. The van der Waals surface area contributed by atoms with Crippen LogP contribution in [0.2, 0.25) is 0 Å². The molecule has 32 heavy (non-hydrogen) atoms. The molecule has 0 aliphatic heterocycles. The van der Waals surface area contributed by atoms with Crippen LogP contribution >= 0.6 is 22.7 Å². The van der Waals surface area contributed by atoms with Crippen molar-refractivity contribution in [1.29, 1.82) is 0 Å². The zero-order chi connectivity index (χ0) is 22.7. The van der Waals surface area contributed by atoms with E-state index in [4.69, 9.17) is 4.74 Å². The number of ketones is 1. The summed E-state index contributed by atoms with van der Waals surface area (Å²) in [6.07, 6.45) is 4.39. The van der Waals surface area contributed by atoms with E-state index in [0.717, 1.165) is 41.0 Å². The molecule has 1 amide bonds. The second-order valence-corrected chi connectivity index (χ2v) is 9.92. The molecule has 0 radical (unpaired) electrons. The molecule has 3 heterocycles. The van der Waals surface area contributed by atoms with Crippen molar-refractivity contribution in [3.05, 3.63) is 48.5 Å². The first-order valence-corrected chi connectivity index (χ1v) is 12.1. The molecule has 0 saturated heterocycles. The first kappa shape index (κ1) is 22.3. The lowest BCUT2D eigenvalue weighted by molar-refractivity contribution is -0.142. The Bertz CT molecular complexity index is 1240. The van der Waals surface area contributed by atoms with E-state index in [1.54, 1.807) is 23.5 Å². The molecular weight excluding hydrogens is 450 g/mol. The van der Waals surface area contributed by atoms with Crippen LogP contribution in [0.25, 0.3) is 10.2 Å². The van der Waals surface area contributed by atoms with Gasteiger partial charge in [-0.2, -0.15) is 0 Å². The monoisotopic (exact) mass is 473 g/mol. The highest BCUT2D eigenvalue weighted by molar-refractivity contribution is 7.18. The van der Waals surface area contributed by atoms with Crippen molar-refractivity contribution in [2.24, 2.45) is 0 Å². The summed E-state index contributed by atoms with van der Waals surface area (Å²) >= 11 is 2.82. The number of aryl methyl sites for hydroxylation is 3. The molecule has 3 aromatic heterocycles. The van der Waals surface area contributed by atoms with Gasteiger partial charge in [0.15, 0.2) is 6.61 Å². The zero-order valence-electron chi connectivity index (χ0n) is 17.6. The number of nitrogens with one attached hydrogen (secondary N) is 2. The van der Waals surface area contributed by atoms with Gasteiger partial charge in [-0.1, -0.05) is 0 Å². The average Bonchev–Trinajstić information content (AvgIpc) is 3.39. The standard InChI is InChI=1S/C22H23N3O5S2/c1-12(26)23-10-13-6-7-17(31-13)15(27)11-30-19(28)9-8-18-24-21(29)20-14-4-2-3-5-16(14)32-22(20)25-18/h6-7H,2-5,8-11H2,1H3,(H,23,26)(H,24,25,29). The van der Waals surface area contributed by atoms with Crippen molar-refractivity contribution in [2.45, 2.75) is 52.0 Å². The molecule has 0 atom stereocenters. The second kappa shape index (κ2) is 9.74. The van der Waals surface area contributed by atoms with Gasteiger partial charge in [0, 0.05) is 23.1 Å². The molecule has 8 nitrogen and oxygen atoms in total. The number of amides is 1. The third-order valence-corrected chi connectivity index (χ3v) is 7.56. The maximum Gasteiger partial charge on any atom is 0.306 e. The summed E-state index contributed by atoms with van der Waals surface area (Å²) < 4.78 is 5.10. The van der Waals surface area contributed by atoms with Crippen molar-refractivity contribution >= 4 is 50.5 Å². The van der Waals surface area contributed by atoms with Crippen LogP contribution in [0.15, 0.2) is 16.9 Å². The number of esters is 1. The molecule has 1 aliphatic rings. The number of Topliss-reactive ketones (excluding diaryl/α,β-unsaturated/α-hetero) is 1. The molecule has 4 rings (SSSR count). The largest absolute Gasteiger partial charge is 0.457 e. The van der Waals surface area contributed by atoms with Gasteiger partial charge < -0.3 is 15.0 Å². The number of rotatable bonds is 8. The van der Waals surface area contributed by atoms with Crippen molar-refractivity contribution in [3.63, 3.8) is 0 Å². The molecule has 10 heteroatoms. The normalized spacial score (nSPS) is 13.0. The van der Waals surface area contributed by atoms with Gasteiger partial charge in [-0.05, 0) is 43.4 Å². The Morgan fingerprint density at radius 2 is 2.00 bits per heavy atom. The van der Waals surface area contributed by atoms with Crippen LogP contribution in [0.4, 0.5) is 0 Å². The van der Waals surface area contributed by atoms with E-state index in [1.807, 2.05) is 0 Å². The van der Waals surface area contributed by atoms with Gasteiger partial charge in [0.1, 0.15) is 10.7 Å². The van der Waals surface area contributed by atoms with Gasteiger partial charge in [0.05, 0.1) is 23.2 Å². The Hall–Kier alpha value is -2.85. The summed E-state index contributed by atoms with van der Waals surface area (Å²) in [5, 5.41) is 3.36. The fraction of sp³-hybridized carbons (Fsp3) is 0.409. The summed E-state index contributed by atoms with van der Waals surface area (Å²) in [6, 6.07) is 3.42. The van der Waals surface area contributed by atoms with Gasteiger partial charge in [-0.3, -0.25) is 19.2 Å². The fourth-order valence-corrected chi connectivity index (χ4v) is 5.82. The van der Waals surface area contributed by atoms with Gasteiger partial charge in [-0.25, -0.2) is 4.98 Å². The number of hydrogen-bond donors (Lipinski definition) is 2. The summed E-state index contributed by atoms with van der Waals surface area (Å²) in [6.45, 7) is 1.44. The molecular formula is C22H23N3O5S2. The molecule has 0 bridgehead atoms. The van der Waals surface area contributed by atoms with Crippen LogP contribution < -0.4 is 10.9 Å². The van der Waals surface area contributed by atoms with Gasteiger partial charge >= 0.3 is 5.97 Å². The molecule has 1 aliphatic carbocycles. The lowest BCUT2D eigenvalue weighted by Gasteiger charge is -2.09. The lowest BCUT2D eigenvalue weighted by Crippen LogP contribution is -2.18. The van der Waals surface area contributed by atoms with E-state index in [1.165, 1.54) is 23.1 Å². The van der Waals surface area contributed by atoms with Gasteiger partial charge in [-0.15, -0.1) is 22.7 Å². The van der Waals surface area contributed by atoms with Crippen LogP contribution in [0.5, 0.6) is 0 Å². The topological polar surface area (TPSA) is 118 Å². The highest BCUT2D eigenvalue weighted by Gasteiger charge is 2.20. The van der Waals surface area contributed by atoms with E-state index in [0.29, 0.717) is 22.6 Å². The number of nitrogens with zero attached hydrogens (tertiary/aromatic N) is 1. The maximum atomic E-state index is 12.6. The Kier molecular flexibility index (Phi) is 6.80. The average molecular weight is 474 g/mol. The number of carbonyl (C=O) groups is 3. The number of thiophene rings is 2. The Morgan fingerprint density at radius 1 is 1.19 bits per heavy atom. The minimum Gasteiger partial charge on any atom is -0.457 e. The molecule has 168 valence electrons. The molecule has 2 N–H and O–H groups in total. The quantitative estimate of drug-likeness (QED) is 0.384. The highest BCUT2D eigenvalue weighted by atomic mass is 32.1. The van der Waals surface area contributed by atoms with E-state index >= 15 is 0 Å². The first-order chi connectivity index (χ1) is 15.4. The third-order valence-electron chi connectivity index (χ3n) is 5.25. The van der Waals surface area contributed by atoms with E-state index < -0.39 is 5.97 Å². The van der Waals surface area contributed by atoms with Gasteiger partial charge in [0.2, 0.25) is 11.7 Å². The van der Waals surface area contributed by atoms with Crippen molar-refractivity contribution < 1.29 is 19.1 Å². The predicted molar refractivity (Wildman–Crippen MR) is 122 cm³/mol. The molecule has 0 spiro atoms. The van der Waals surface area contributed by atoms with Crippen molar-refractivity contribution in [3.8, 4) is 0 Å². The van der Waals surface area contributed by atoms with E-state index in [2.05, 4.69) is 15.3 Å². The molecule has 0 unspecified atom stereocenters. The molecule has 0 aromatic carbocycles. The molecule has 0 saturated carbocycles. The second-order valence-electron chi connectivity index (χ2n) is 7.66. The predicted octanol–water partition coefficient (Wildman–Crippen LogP) is 2.92. The van der Waals surface area contributed by atoms with Crippen molar-refractivity contribution in [2.75, 3.05) is 6.61 Å². The van der Waals surface area contributed by atoms with Crippen LogP contribution in [0.1, 0.15) is 57.0 Å². The fourth-order valence-electron chi connectivity index (χ4n) is 3.67. The Balaban J connectivity index is 1.30. The number of fused-ring (bicyclic) bond motifs is 3. The number of hydrogen-bond acceptors (Lipinski definition) is 8. The first-order valence-electron chi connectivity index (χ1n) is 10.5. The summed E-state index contributed by atoms with van der Waals surface area (Å²) in [5.74, 6) is -0.518. The van der Waals surface area contributed by atoms with Crippen LogP contribution in [0, 0.1) is 0 Å². The Morgan fingerprint density at radius 3 is 2.81 bits per heavy atom. The lowest BCUT2D eigenvalue weighted by atomic mass is 9.97. The zero-order valence-corrected chi connectivity index (χ0v) is 19.2. The minimum atomic E-state index is -0.526. The summed E-state index contributed by atoms with van der Waals surface area (Å²) in [4.78, 5) is 58.5. The van der Waals surface area contributed by atoms with Crippen molar-refractivity contribution in [1.82, 2.24) is 15.3 Å². The molecule has 0 fully saturated rings. The minimum absolute atomic E-state index is 0.0189. The molecule has 3 aromatic rings. The highest BCUT2D eigenvalue weighted by Crippen LogP contribution is 2.33. The summed E-state index contributed by atoms with van der Waals surface area (Å²) in [7, 11) is 0. The third kappa shape index (κ3) is 5.13.